The molecular weight excluding hydrogens is 264 g/mol. The summed E-state index contributed by atoms with van der Waals surface area (Å²) in [6.07, 6.45) is 2.25. The highest BCUT2D eigenvalue weighted by Gasteiger charge is 1.98. The lowest BCUT2D eigenvalue weighted by molar-refractivity contribution is 0.511. The molecule has 0 saturated carbocycles. The second-order valence-electron chi connectivity index (χ2n) is 4.26. The predicted molar refractivity (Wildman–Crippen MR) is 73.6 cm³/mol. The summed E-state index contributed by atoms with van der Waals surface area (Å²) in [5, 5.41) is 3.45. The maximum atomic E-state index is 5.56. The molecule has 90 valence electrons. The van der Waals surface area contributed by atoms with E-state index in [1.165, 1.54) is 5.56 Å². The van der Waals surface area contributed by atoms with Crippen LogP contribution in [0.25, 0.3) is 0 Å². The van der Waals surface area contributed by atoms with E-state index in [2.05, 4.69) is 52.4 Å². The first-order valence-corrected chi connectivity index (χ1v) is 6.67. The summed E-state index contributed by atoms with van der Waals surface area (Å²) in [4.78, 5) is 0. The third kappa shape index (κ3) is 5.64. The van der Waals surface area contributed by atoms with Crippen LogP contribution in [0.3, 0.4) is 0 Å². The van der Waals surface area contributed by atoms with Gasteiger partial charge in [0.1, 0.15) is 0 Å². The number of hydrogen-bond donors (Lipinski definition) is 2. The zero-order valence-corrected chi connectivity index (χ0v) is 11.5. The zero-order valence-electron chi connectivity index (χ0n) is 9.88. The quantitative estimate of drug-likeness (QED) is 0.756. The molecule has 1 aromatic carbocycles. The molecule has 0 spiro atoms. The Bertz CT molecular complexity index is 284. The Morgan fingerprint density at radius 3 is 2.56 bits per heavy atom. The molecule has 0 amide bonds. The van der Waals surface area contributed by atoms with Gasteiger partial charge in [-0.3, -0.25) is 0 Å². The van der Waals surface area contributed by atoms with Crippen LogP contribution < -0.4 is 11.1 Å². The van der Waals surface area contributed by atoms with Gasteiger partial charge in [-0.2, -0.15) is 0 Å². The van der Waals surface area contributed by atoms with Gasteiger partial charge < -0.3 is 11.1 Å². The molecule has 0 saturated heterocycles. The molecule has 1 atom stereocenters. The van der Waals surface area contributed by atoms with Crippen molar-refractivity contribution >= 4 is 15.9 Å². The third-order valence-corrected chi connectivity index (χ3v) is 3.25. The van der Waals surface area contributed by atoms with Crippen molar-refractivity contribution < 1.29 is 0 Å². The van der Waals surface area contributed by atoms with Crippen LogP contribution in [0.1, 0.15) is 18.9 Å². The summed E-state index contributed by atoms with van der Waals surface area (Å²) in [6, 6.07) is 8.50. The van der Waals surface area contributed by atoms with Crippen LogP contribution in [0.2, 0.25) is 0 Å². The molecule has 16 heavy (non-hydrogen) atoms. The molecule has 1 unspecified atom stereocenters. The zero-order chi connectivity index (χ0) is 11.8. The molecular formula is C13H21BrN2. The van der Waals surface area contributed by atoms with E-state index in [0.29, 0.717) is 5.92 Å². The Kier molecular flexibility index (Phi) is 6.69. The summed E-state index contributed by atoms with van der Waals surface area (Å²) in [5.41, 5.74) is 6.94. The van der Waals surface area contributed by atoms with Gasteiger partial charge in [0.25, 0.3) is 0 Å². The smallest absolute Gasteiger partial charge is 0.0175 e. The second-order valence-corrected chi connectivity index (χ2v) is 5.17. The summed E-state index contributed by atoms with van der Waals surface area (Å²) in [5.74, 6) is 0.625. The van der Waals surface area contributed by atoms with Crippen molar-refractivity contribution in [3.05, 3.63) is 34.3 Å². The molecule has 0 aliphatic carbocycles. The second kappa shape index (κ2) is 7.82. The van der Waals surface area contributed by atoms with Crippen LogP contribution in [0, 0.1) is 5.92 Å². The molecule has 3 N–H and O–H groups in total. The van der Waals surface area contributed by atoms with Crippen molar-refractivity contribution in [2.24, 2.45) is 11.7 Å². The van der Waals surface area contributed by atoms with Crippen LogP contribution in [0.15, 0.2) is 28.7 Å². The summed E-state index contributed by atoms with van der Waals surface area (Å²) >= 11 is 3.43. The largest absolute Gasteiger partial charge is 0.330 e. The lowest BCUT2D eigenvalue weighted by Crippen LogP contribution is -2.22. The molecule has 0 bridgehead atoms. The number of rotatable bonds is 7. The summed E-state index contributed by atoms with van der Waals surface area (Å²) in [6.45, 7) is 5.08. The van der Waals surface area contributed by atoms with E-state index in [1.807, 2.05) is 0 Å². The maximum absolute atomic E-state index is 5.56. The molecule has 2 nitrogen and oxygen atoms in total. The lowest BCUT2D eigenvalue weighted by Gasteiger charge is -2.09. The Morgan fingerprint density at radius 2 is 1.94 bits per heavy atom. The van der Waals surface area contributed by atoms with Gasteiger partial charge in [0.15, 0.2) is 0 Å². The van der Waals surface area contributed by atoms with E-state index in [4.69, 9.17) is 5.73 Å². The molecule has 1 aromatic rings. The van der Waals surface area contributed by atoms with Crippen molar-refractivity contribution in [2.45, 2.75) is 19.8 Å². The van der Waals surface area contributed by atoms with Gasteiger partial charge in [-0.25, -0.2) is 0 Å². The number of halogens is 1. The van der Waals surface area contributed by atoms with E-state index >= 15 is 0 Å². The SMILES string of the molecule is CC(CN)CCNCCc1ccc(Br)cc1. The van der Waals surface area contributed by atoms with Crippen molar-refractivity contribution in [3.63, 3.8) is 0 Å². The monoisotopic (exact) mass is 284 g/mol. The van der Waals surface area contributed by atoms with Gasteiger partial charge in [-0.15, -0.1) is 0 Å². The molecule has 0 aliphatic heterocycles. The molecule has 3 heteroatoms. The fourth-order valence-electron chi connectivity index (χ4n) is 1.48. The Labute approximate surface area is 107 Å². The topological polar surface area (TPSA) is 38.0 Å². The van der Waals surface area contributed by atoms with Gasteiger partial charge in [0, 0.05) is 4.47 Å². The molecule has 0 fully saturated rings. The van der Waals surface area contributed by atoms with Crippen molar-refractivity contribution in [1.82, 2.24) is 5.32 Å². The number of hydrogen-bond acceptors (Lipinski definition) is 2. The standard InChI is InChI=1S/C13H21BrN2/c1-11(10-15)6-8-16-9-7-12-2-4-13(14)5-3-12/h2-5,11,16H,6-10,15H2,1H3. The van der Waals surface area contributed by atoms with Crippen LogP contribution in [0.5, 0.6) is 0 Å². The lowest BCUT2D eigenvalue weighted by atomic mass is 10.1. The minimum absolute atomic E-state index is 0.625. The van der Waals surface area contributed by atoms with Crippen molar-refractivity contribution in [2.75, 3.05) is 19.6 Å². The highest BCUT2D eigenvalue weighted by Crippen LogP contribution is 2.10. The van der Waals surface area contributed by atoms with E-state index in [0.717, 1.165) is 36.9 Å². The van der Waals surface area contributed by atoms with Gasteiger partial charge in [0.2, 0.25) is 0 Å². The van der Waals surface area contributed by atoms with E-state index < -0.39 is 0 Å². The molecule has 0 aromatic heterocycles. The Hall–Kier alpha value is -0.380. The third-order valence-electron chi connectivity index (χ3n) is 2.72. The summed E-state index contributed by atoms with van der Waals surface area (Å²) < 4.78 is 1.14. The van der Waals surface area contributed by atoms with E-state index in [1.54, 1.807) is 0 Å². The normalized spacial score (nSPS) is 12.7. The molecule has 0 radical (unpaired) electrons. The van der Waals surface area contributed by atoms with Crippen LogP contribution in [0.4, 0.5) is 0 Å². The van der Waals surface area contributed by atoms with Gasteiger partial charge in [-0.05, 0) is 56.1 Å². The van der Waals surface area contributed by atoms with Crippen molar-refractivity contribution in [3.8, 4) is 0 Å². The Balaban J connectivity index is 2.09. The first kappa shape index (κ1) is 13.7. The minimum atomic E-state index is 0.625. The average Bonchev–Trinajstić information content (AvgIpc) is 2.31. The average molecular weight is 285 g/mol. The van der Waals surface area contributed by atoms with Gasteiger partial charge in [-0.1, -0.05) is 35.0 Å². The molecule has 0 aliphatic rings. The fraction of sp³-hybridized carbons (Fsp3) is 0.538. The van der Waals surface area contributed by atoms with Crippen LogP contribution in [-0.4, -0.2) is 19.6 Å². The summed E-state index contributed by atoms with van der Waals surface area (Å²) in [7, 11) is 0. The van der Waals surface area contributed by atoms with Crippen molar-refractivity contribution in [1.29, 1.82) is 0 Å². The maximum Gasteiger partial charge on any atom is 0.0175 e. The number of nitrogens with two attached hydrogens (primary N) is 1. The fourth-order valence-corrected chi connectivity index (χ4v) is 1.74. The molecule has 1 rings (SSSR count). The number of benzene rings is 1. The van der Waals surface area contributed by atoms with Gasteiger partial charge in [0.05, 0.1) is 0 Å². The first-order valence-electron chi connectivity index (χ1n) is 5.87. The Morgan fingerprint density at radius 1 is 1.25 bits per heavy atom. The van der Waals surface area contributed by atoms with Crippen LogP contribution in [-0.2, 0) is 6.42 Å². The highest BCUT2D eigenvalue weighted by molar-refractivity contribution is 9.10. The number of nitrogens with one attached hydrogen (secondary N) is 1. The van der Waals surface area contributed by atoms with Gasteiger partial charge >= 0.3 is 0 Å². The highest BCUT2D eigenvalue weighted by atomic mass is 79.9. The predicted octanol–water partition coefficient (Wildman–Crippen LogP) is 2.57. The molecule has 0 heterocycles. The van der Waals surface area contributed by atoms with E-state index in [-0.39, 0.29) is 0 Å². The first-order chi connectivity index (χ1) is 7.72. The van der Waals surface area contributed by atoms with Crippen LogP contribution >= 0.6 is 15.9 Å². The van der Waals surface area contributed by atoms with E-state index in [9.17, 15) is 0 Å². The minimum Gasteiger partial charge on any atom is -0.330 e.